The molecule has 3 atom stereocenters. The molecule has 9 heterocycles. The number of nitrogen functional groups attached to an aromatic ring is 1. The Morgan fingerprint density at radius 1 is 0.463 bits per heavy atom. The zero-order valence-electron chi connectivity index (χ0n) is 77.2. The number of aromatic nitrogens is 9. The second-order valence-electron chi connectivity index (χ2n) is 33.8. The molecule has 3 saturated heterocycles. The third-order valence-electron chi connectivity index (χ3n) is 21.7. The van der Waals surface area contributed by atoms with Gasteiger partial charge in [0.15, 0.2) is 24.8 Å². The lowest BCUT2D eigenvalue weighted by Gasteiger charge is -2.27. The molecule has 0 spiro atoms. The molecule has 12 aromatic rings. The van der Waals surface area contributed by atoms with Crippen LogP contribution in [-0.2, 0) is 77.0 Å². The summed E-state index contributed by atoms with van der Waals surface area (Å²) >= 11 is 6.08. The van der Waals surface area contributed by atoms with Gasteiger partial charge in [-0.2, -0.15) is 56.9 Å². The van der Waals surface area contributed by atoms with Gasteiger partial charge >= 0.3 is 11.9 Å². The van der Waals surface area contributed by atoms with Crippen LogP contribution in [0.2, 0.25) is 5.28 Å². The van der Waals surface area contributed by atoms with E-state index in [0.29, 0.717) is 124 Å². The van der Waals surface area contributed by atoms with Crippen LogP contribution >= 0.6 is 38.6 Å². The van der Waals surface area contributed by atoms with Crippen LogP contribution < -0.4 is 61.2 Å². The van der Waals surface area contributed by atoms with Crippen molar-refractivity contribution in [1.29, 1.82) is 0 Å². The highest BCUT2D eigenvalue weighted by Crippen LogP contribution is 2.38. The van der Waals surface area contributed by atoms with Crippen molar-refractivity contribution in [3.05, 3.63) is 226 Å². The van der Waals surface area contributed by atoms with Gasteiger partial charge in [-0.15, -0.1) is 0 Å². The molecule has 37 nitrogen and oxygen atoms in total. The number of esters is 2. The van der Waals surface area contributed by atoms with Crippen LogP contribution in [-0.4, -0.2) is 209 Å². The van der Waals surface area contributed by atoms with E-state index in [9.17, 15) is 49.2 Å². The molecule has 3 fully saturated rings. The van der Waals surface area contributed by atoms with Gasteiger partial charge in [0.05, 0.1) is 45.8 Å². The van der Waals surface area contributed by atoms with E-state index in [2.05, 4.69) is 90.9 Å². The standard InChI is InChI=1S/C33H39N7O6S.C27H29N7O4S.C21H21ClN4O4.C12H19N3O2S.2H2S/c1-7-28(41)34-23-9-8-10-26(19-23)46-30-27-16-17-39(21-45-31(42)33(2,3)4)29(27)36-32(37-30)35-22-11-13-24(14-12-22)38(5)25-15-18-40(20-25)47(6,43)44;1-4-24(35)29-19-6-5-7-22(16-19)38-26-23-12-14-28-25(23)31-27(32-26)30-18-8-10-20(11-9-18)33(2)21-13-15-34(17-21)39(3,36)37;1-5-16(27)23-13-7-6-8-14(11-13)30-18-15-9-10-26(17(15)24-20(22)25-18)12-29-19(28)21(2,3)4;1-14(11-5-3-10(13)4-6-11)12-7-8-15(9-12)18(2,16)17;;/h7-14,16-17,19,25H,1,15,18,20-21H2,2-6H3,(H,34,41)(H,35,36,37);4-12,14,16,21H,1,13,15,17H2,2-3H3,(H,29,35)(H2,28,30,31,32);5-11H,1,12H2,2-4H3,(H,23,27);3-6,12H,7-9,13H2,1-2H3;2*1H2/t25-;21-;;12-;;/m00.0../s1. The summed E-state index contributed by atoms with van der Waals surface area (Å²) in [5.41, 5.74) is 12.7. The highest BCUT2D eigenvalue weighted by molar-refractivity contribution is 7.88. The number of H-pyrrole nitrogens is 1. The summed E-state index contributed by atoms with van der Waals surface area (Å²) < 4.78 is 108. The largest absolute Gasteiger partial charge is 0.443 e. The number of carbonyl (C=O) groups is 5. The molecule has 3 amide bonds. The molecule has 3 aliphatic heterocycles. The number of nitrogens with zero attached hydrogens (tertiary/aromatic N) is 14. The van der Waals surface area contributed by atoms with Crippen molar-refractivity contribution in [2.45, 2.75) is 92.4 Å². The quantitative estimate of drug-likeness (QED) is 0.00990. The Labute approximate surface area is 808 Å². The van der Waals surface area contributed by atoms with Crippen LogP contribution in [0.3, 0.4) is 0 Å². The summed E-state index contributed by atoms with van der Waals surface area (Å²) in [5.74, 6) is 1.11. The van der Waals surface area contributed by atoms with Crippen molar-refractivity contribution in [1.82, 2.24) is 56.9 Å². The molecule has 0 aliphatic carbocycles. The first-order chi connectivity index (χ1) is 63.4. The first-order valence-corrected chi connectivity index (χ1v) is 48.2. The summed E-state index contributed by atoms with van der Waals surface area (Å²) in [6.07, 6.45) is 14.9. The Morgan fingerprint density at radius 3 is 1.15 bits per heavy atom. The minimum absolute atomic E-state index is 0. The highest BCUT2D eigenvalue weighted by Gasteiger charge is 2.35. The number of likely N-dealkylation sites (N-methyl/N-ethyl adjacent to an activating group) is 3. The number of anilines is 11. The number of fused-ring (bicyclic) bond motifs is 3. The molecule has 6 aromatic carbocycles. The van der Waals surface area contributed by atoms with Gasteiger partial charge in [0.25, 0.3) is 0 Å². The lowest BCUT2D eigenvalue weighted by molar-refractivity contribution is -0.157. The first kappa shape index (κ1) is 105. The Bertz CT molecular complexity index is 6680. The molecule has 722 valence electrons. The van der Waals surface area contributed by atoms with Gasteiger partial charge in [0, 0.05) is 167 Å². The van der Waals surface area contributed by atoms with Crippen molar-refractivity contribution >= 4 is 195 Å². The second kappa shape index (κ2) is 45.3. The van der Waals surface area contributed by atoms with Crippen molar-refractivity contribution in [3.8, 4) is 34.9 Å². The fourth-order valence-corrected chi connectivity index (χ4v) is 17.0. The Balaban J connectivity index is 0.000000195. The van der Waals surface area contributed by atoms with E-state index in [-0.39, 0.29) is 111 Å². The SMILES string of the molecule is C=CC(=O)Nc1cccc(Oc2nc(Cl)nc3c2ccn3COC(=O)C(C)(C)C)c1.C=CC(=O)Nc1cccc(Oc2nc(Nc3ccc(N(C)[C@H]4CCN(S(C)(=O)=O)C4)cc3)nc3[nH]ccc23)c1.C=CC(=O)Nc1cccc(Oc2nc(Nc3ccc(N(C)[C@H]4CCN(S(C)(=O)=O)C4)cc3)nc3c2ccn3COC(=O)C(C)(C)C)c1.CN(c1ccc(N)cc1)[C@H]1CCN(S(C)(=O)=O)C1.S.S. The maximum absolute atomic E-state index is 12.5. The Morgan fingerprint density at radius 2 is 0.801 bits per heavy atom. The van der Waals surface area contributed by atoms with Crippen molar-refractivity contribution < 1.29 is 72.9 Å². The summed E-state index contributed by atoms with van der Waals surface area (Å²) in [5, 5.41) is 16.4. The van der Waals surface area contributed by atoms with E-state index in [0.717, 1.165) is 47.7 Å². The Hall–Kier alpha value is -13.3. The normalized spacial score (nSPS) is 15.1. The average molecular weight is 1980 g/mol. The summed E-state index contributed by atoms with van der Waals surface area (Å²) in [6.45, 7) is 24.1. The van der Waals surface area contributed by atoms with Gasteiger partial charge in [0.1, 0.15) is 22.9 Å². The smallest absolute Gasteiger partial charge is 0.312 e. The van der Waals surface area contributed by atoms with Crippen LogP contribution in [0.4, 0.5) is 63.1 Å². The van der Waals surface area contributed by atoms with E-state index >= 15 is 0 Å². The number of aromatic amines is 1. The number of carbonyl (C=O) groups excluding carboxylic acids is 5. The number of amides is 3. The maximum atomic E-state index is 12.5. The monoisotopic (exact) mass is 1970 g/mol. The van der Waals surface area contributed by atoms with E-state index in [1.54, 1.807) is 154 Å². The minimum Gasteiger partial charge on any atom is -0.443 e. The van der Waals surface area contributed by atoms with Crippen LogP contribution in [0.25, 0.3) is 33.1 Å². The van der Waals surface area contributed by atoms with Gasteiger partial charge in [-0.1, -0.05) is 37.9 Å². The van der Waals surface area contributed by atoms with E-state index in [4.69, 9.17) is 46.0 Å². The number of benzene rings is 6. The number of nitrogens with two attached hydrogens (primary N) is 1. The fourth-order valence-electron chi connectivity index (χ4n) is 14.2. The lowest BCUT2D eigenvalue weighted by atomic mass is 9.97. The first-order valence-electron chi connectivity index (χ1n) is 42.3. The molecule has 0 unspecified atom stereocenters. The molecule has 8 N–H and O–H groups in total. The van der Waals surface area contributed by atoms with E-state index in [1.165, 1.54) is 49.9 Å². The molecule has 0 bridgehead atoms. The fraction of sp³-hybridized carbons (Fsp3) is 0.301. The zero-order valence-corrected chi connectivity index (χ0v) is 82.4. The maximum Gasteiger partial charge on any atom is 0.312 e. The van der Waals surface area contributed by atoms with Crippen molar-refractivity contribution in [2.75, 3.05) is 126 Å². The number of sulfonamides is 3. The van der Waals surface area contributed by atoms with E-state index in [1.807, 2.05) is 100 Å². The summed E-state index contributed by atoms with van der Waals surface area (Å²) in [7, 11) is -3.57. The lowest BCUT2D eigenvalue weighted by Crippen LogP contribution is -2.36. The van der Waals surface area contributed by atoms with Crippen LogP contribution in [0.1, 0.15) is 60.8 Å². The van der Waals surface area contributed by atoms with Gasteiger partial charge < -0.3 is 75.7 Å². The molecule has 15 rings (SSSR count). The molecule has 43 heteroatoms. The predicted octanol–water partition coefficient (Wildman–Crippen LogP) is 14.7. The molecule has 3 aliphatic rings. The molecular weight excluding hydrogens is 1860 g/mol. The number of halogens is 1. The minimum atomic E-state index is -3.23. The molecule has 0 saturated carbocycles. The van der Waals surface area contributed by atoms with Crippen molar-refractivity contribution in [3.63, 3.8) is 0 Å². The third kappa shape index (κ3) is 28.2. The number of hydrogen-bond donors (Lipinski definition) is 7. The zero-order chi connectivity index (χ0) is 96.7. The van der Waals surface area contributed by atoms with Crippen LogP contribution in [0.5, 0.6) is 34.9 Å². The van der Waals surface area contributed by atoms with Crippen LogP contribution in [0.15, 0.2) is 220 Å². The molecule has 6 aromatic heterocycles. The van der Waals surface area contributed by atoms with Gasteiger partial charge in [0.2, 0.25) is 82.6 Å². The van der Waals surface area contributed by atoms with E-state index < -0.39 is 40.9 Å². The van der Waals surface area contributed by atoms with Gasteiger partial charge in [-0.25, -0.2) is 38.2 Å². The topological polar surface area (TPSA) is 443 Å². The highest BCUT2D eigenvalue weighted by atomic mass is 35.5. The van der Waals surface area contributed by atoms with Crippen LogP contribution in [0, 0.1) is 10.8 Å². The van der Waals surface area contributed by atoms with Gasteiger partial charge in [-0.3, -0.25) is 33.1 Å². The Kier molecular flexibility index (Phi) is 34.9. The molecule has 0 radical (unpaired) electrons. The van der Waals surface area contributed by atoms with Crippen molar-refractivity contribution in [2.24, 2.45) is 10.8 Å². The number of nitrogens with one attached hydrogen (secondary N) is 6. The summed E-state index contributed by atoms with van der Waals surface area (Å²) in [4.78, 5) is 95.8. The number of rotatable bonds is 29. The second-order valence-corrected chi connectivity index (χ2v) is 40.1. The molecular formula is C93H112ClN21O16S5. The number of ether oxygens (including phenoxy) is 5. The average Bonchev–Trinajstić information content (AvgIpc) is 1.63. The predicted molar refractivity (Wildman–Crippen MR) is 542 cm³/mol. The van der Waals surface area contributed by atoms with Gasteiger partial charge in [-0.05, 0) is 218 Å². The number of hydrogen-bond acceptors (Lipinski definition) is 28. The third-order valence-corrected chi connectivity index (χ3v) is 25.7. The molecule has 136 heavy (non-hydrogen) atoms. The summed E-state index contributed by atoms with van der Waals surface area (Å²) in [6, 6.07) is 49.5.